The van der Waals surface area contributed by atoms with Gasteiger partial charge in [0.15, 0.2) is 14.9 Å². The quantitative estimate of drug-likeness (QED) is 0.444. The molecule has 7 nitrogen and oxygen atoms in total. The molecular weight excluding hydrogens is 394 g/mol. The van der Waals surface area contributed by atoms with Gasteiger partial charge in [-0.2, -0.15) is 10.2 Å². The minimum atomic E-state index is -3.00. The van der Waals surface area contributed by atoms with Gasteiger partial charge in [0.2, 0.25) is 0 Å². The number of hydrazone groups is 1. The van der Waals surface area contributed by atoms with Crippen molar-refractivity contribution >= 4 is 45.0 Å². The van der Waals surface area contributed by atoms with Crippen LogP contribution in [0.3, 0.4) is 0 Å². The van der Waals surface area contributed by atoms with Crippen molar-refractivity contribution in [3.8, 4) is 0 Å². The second-order valence-electron chi connectivity index (χ2n) is 6.97. The molecular formula is C16H24ClN5O2S2. The second-order valence-corrected chi connectivity index (χ2v) is 9.96. The Hall–Kier alpha value is -1.19. The Morgan fingerprint density at radius 3 is 2.73 bits per heavy atom. The lowest BCUT2D eigenvalue weighted by Crippen LogP contribution is -2.40. The molecule has 2 aliphatic rings. The topological polar surface area (TPSA) is 88.4 Å². The van der Waals surface area contributed by atoms with Crippen LogP contribution in [0.15, 0.2) is 5.10 Å². The predicted molar refractivity (Wildman–Crippen MR) is 108 cm³/mol. The molecule has 0 unspecified atom stereocenters. The molecule has 2 heterocycles. The average Bonchev–Trinajstić information content (AvgIpc) is 3.09. The molecule has 144 valence electrons. The van der Waals surface area contributed by atoms with Crippen LogP contribution in [0.1, 0.15) is 55.8 Å². The lowest BCUT2D eigenvalue weighted by atomic mass is 9.96. The molecule has 10 heteroatoms. The zero-order valence-corrected chi connectivity index (χ0v) is 17.1. The van der Waals surface area contributed by atoms with Crippen LogP contribution in [0.2, 0.25) is 5.15 Å². The third-order valence-corrected chi connectivity index (χ3v) is 7.26. The van der Waals surface area contributed by atoms with E-state index in [4.69, 9.17) is 23.8 Å². The smallest absolute Gasteiger partial charge is 0.187 e. The molecule has 26 heavy (non-hydrogen) atoms. The van der Waals surface area contributed by atoms with E-state index in [1.807, 2.05) is 6.92 Å². The first-order valence-electron chi connectivity index (χ1n) is 8.90. The maximum atomic E-state index is 11.7. The van der Waals surface area contributed by atoms with E-state index in [0.717, 1.165) is 12.8 Å². The zero-order valence-electron chi connectivity index (χ0n) is 14.7. The standard InChI is InChI=1S/C16H24ClN5O2S2/c1-11-14(9-18-20-16(25)19-12-5-3-2-4-6-12)15(17)22(21-11)13-7-8-26(23,24)10-13/h9,12-13H,2-8,10H2,1H3,(H2,19,20,25)/b18-9-/t13-/m0/s1. The summed E-state index contributed by atoms with van der Waals surface area (Å²) in [6, 6.07) is 0.201. The van der Waals surface area contributed by atoms with Crippen LogP contribution in [0.4, 0.5) is 0 Å². The number of sulfone groups is 1. The number of rotatable bonds is 4. The molecule has 1 aromatic rings. The Kier molecular flexibility index (Phi) is 6.19. The molecule has 1 saturated carbocycles. The molecule has 2 fully saturated rings. The summed E-state index contributed by atoms with van der Waals surface area (Å²) in [5, 5.41) is 12.7. The van der Waals surface area contributed by atoms with Gasteiger partial charge in [-0.15, -0.1) is 0 Å². The van der Waals surface area contributed by atoms with E-state index in [-0.39, 0.29) is 17.5 Å². The fourth-order valence-electron chi connectivity index (χ4n) is 3.51. The summed E-state index contributed by atoms with van der Waals surface area (Å²) >= 11 is 11.7. The molecule has 1 aliphatic carbocycles. The Morgan fingerprint density at radius 1 is 1.35 bits per heavy atom. The number of hydrogen-bond donors (Lipinski definition) is 2. The molecule has 1 aromatic heterocycles. The Balaban J connectivity index is 1.60. The van der Waals surface area contributed by atoms with Crippen molar-refractivity contribution in [2.24, 2.45) is 5.10 Å². The van der Waals surface area contributed by atoms with E-state index >= 15 is 0 Å². The summed E-state index contributed by atoms with van der Waals surface area (Å²) in [4.78, 5) is 0. The molecule has 0 bridgehead atoms. The molecule has 0 spiro atoms. The number of nitrogens with zero attached hydrogens (tertiary/aromatic N) is 3. The van der Waals surface area contributed by atoms with Crippen molar-refractivity contribution in [2.75, 3.05) is 11.5 Å². The first-order chi connectivity index (χ1) is 12.4. The highest BCUT2D eigenvalue weighted by atomic mass is 35.5. The first kappa shape index (κ1) is 19.6. The summed E-state index contributed by atoms with van der Waals surface area (Å²) in [7, 11) is -3.00. The lowest BCUT2D eigenvalue weighted by Gasteiger charge is -2.23. The van der Waals surface area contributed by atoms with E-state index in [1.54, 1.807) is 10.9 Å². The molecule has 1 saturated heterocycles. The highest BCUT2D eigenvalue weighted by molar-refractivity contribution is 7.91. The first-order valence-corrected chi connectivity index (χ1v) is 11.5. The maximum Gasteiger partial charge on any atom is 0.187 e. The molecule has 2 N–H and O–H groups in total. The molecule has 0 amide bonds. The van der Waals surface area contributed by atoms with Gasteiger partial charge in [0.05, 0.1) is 35.0 Å². The molecule has 0 aromatic carbocycles. The van der Waals surface area contributed by atoms with Crippen LogP contribution in [-0.2, 0) is 9.84 Å². The van der Waals surface area contributed by atoms with E-state index < -0.39 is 9.84 Å². The molecule has 0 radical (unpaired) electrons. The number of thiocarbonyl (C=S) groups is 1. The van der Waals surface area contributed by atoms with Crippen LogP contribution in [0, 0.1) is 6.92 Å². The SMILES string of the molecule is Cc1nn([C@H]2CCS(=O)(=O)C2)c(Cl)c1/C=N\NC(=S)NC1CCCCC1. The van der Waals surface area contributed by atoms with Crippen molar-refractivity contribution in [3.63, 3.8) is 0 Å². The normalized spacial score (nSPS) is 23.4. The fraction of sp³-hybridized carbons (Fsp3) is 0.688. The van der Waals surface area contributed by atoms with Gasteiger partial charge in [-0.1, -0.05) is 30.9 Å². The summed E-state index contributed by atoms with van der Waals surface area (Å²) < 4.78 is 25.0. The van der Waals surface area contributed by atoms with Gasteiger partial charge in [0, 0.05) is 6.04 Å². The van der Waals surface area contributed by atoms with E-state index in [0.29, 0.717) is 34.0 Å². The monoisotopic (exact) mass is 417 g/mol. The van der Waals surface area contributed by atoms with Crippen molar-refractivity contribution < 1.29 is 8.42 Å². The van der Waals surface area contributed by atoms with Crippen molar-refractivity contribution in [3.05, 3.63) is 16.4 Å². The molecule has 1 aliphatic heterocycles. The van der Waals surface area contributed by atoms with Gasteiger partial charge >= 0.3 is 0 Å². The highest BCUT2D eigenvalue weighted by Crippen LogP contribution is 2.29. The van der Waals surface area contributed by atoms with Crippen molar-refractivity contribution in [1.29, 1.82) is 0 Å². The third-order valence-electron chi connectivity index (χ3n) is 4.93. The molecule has 1 atom stereocenters. The van der Waals surface area contributed by atoms with Gasteiger partial charge in [-0.05, 0) is 38.4 Å². The van der Waals surface area contributed by atoms with Crippen LogP contribution in [0.25, 0.3) is 0 Å². The van der Waals surface area contributed by atoms with Gasteiger partial charge in [0.1, 0.15) is 5.15 Å². The van der Waals surface area contributed by atoms with Gasteiger partial charge in [-0.25, -0.2) is 13.1 Å². The summed E-state index contributed by atoms with van der Waals surface area (Å²) in [5.41, 5.74) is 4.20. The van der Waals surface area contributed by atoms with E-state index in [9.17, 15) is 8.42 Å². The van der Waals surface area contributed by atoms with Crippen LogP contribution < -0.4 is 10.7 Å². The van der Waals surface area contributed by atoms with Gasteiger partial charge in [0.25, 0.3) is 0 Å². The minimum absolute atomic E-state index is 0.0814. The van der Waals surface area contributed by atoms with Crippen LogP contribution >= 0.6 is 23.8 Å². The second kappa shape index (κ2) is 8.22. The predicted octanol–water partition coefficient (Wildman–Crippen LogP) is 2.34. The number of hydrogen-bond acceptors (Lipinski definition) is 5. The van der Waals surface area contributed by atoms with E-state index in [2.05, 4.69) is 20.9 Å². The zero-order chi connectivity index (χ0) is 18.7. The Labute approximate surface area is 164 Å². The number of nitrogens with one attached hydrogen (secondary N) is 2. The van der Waals surface area contributed by atoms with Crippen molar-refractivity contribution in [1.82, 2.24) is 20.5 Å². The fourth-order valence-corrected chi connectivity index (χ4v) is 5.78. The number of halogens is 1. The van der Waals surface area contributed by atoms with Crippen LogP contribution in [-0.4, -0.2) is 47.1 Å². The molecule has 3 rings (SSSR count). The van der Waals surface area contributed by atoms with Gasteiger partial charge in [-0.3, -0.25) is 5.43 Å². The lowest BCUT2D eigenvalue weighted by molar-refractivity contribution is 0.412. The number of aryl methyl sites for hydroxylation is 1. The largest absolute Gasteiger partial charge is 0.359 e. The Morgan fingerprint density at radius 2 is 2.08 bits per heavy atom. The summed E-state index contributed by atoms with van der Waals surface area (Å²) in [5.74, 6) is 0.261. The average molecular weight is 418 g/mol. The van der Waals surface area contributed by atoms with Crippen LogP contribution in [0.5, 0.6) is 0 Å². The third kappa shape index (κ3) is 4.75. The maximum absolute atomic E-state index is 11.7. The number of aromatic nitrogens is 2. The summed E-state index contributed by atoms with van der Waals surface area (Å²) in [6.45, 7) is 1.83. The van der Waals surface area contributed by atoms with Gasteiger partial charge < -0.3 is 5.32 Å². The van der Waals surface area contributed by atoms with E-state index in [1.165, 1.54) is 19.3 Å². The Bertz CT molecular complexity index is 800. The summed E-state index contributed by atoms with van der Waals surface area (Å²) in [6.07, 6.45) is 8.14. The van der Waals surface area contributed by atoms with Crippen molar-refractivity contribution in [2.45, 2.75) is 57.5 Å². The highest BCUT2D eigenvalue weighted by Gasteiger charge is 2.31. The minimum Gasteiger partial charge on any atom is -0.359 e.